The smallest absolute Gasteiger partial charge is 0.206 e. The molecule has 2 heterocycles. The standard InChI is InChI=1S/C10H14ClNO2S2/c1-8-3-2-6-12(8)16(13,14)10-5-4-9(7-11)15-10/h4-5,8H,2-3,6-7H2,1H3. The van der Waals surface area contributed by atoms with E-state index in [0.717, 1.165) is 17.7 Å². The third-order valence-corrected chi connectivity index (χ3v) is 6.84. The predicted octanol–water partition coefficient (Wildman–Crippen LogP) is 2.66. The van der Waals surface area contributed by atoms with E-state index in [4.69, 9.17) is 11.6 Å². The van der Waals surface area contributed by atoms with E-state index >= 15 is 0 Å². The van der Waals surface area contributed by atoms with Crippen LogP contribution in [0.2, 0.25) is 0 Å². The van der Waals surface area contributed by atoms with Crippen molar-refractivity contribution in [3.8, 4) is 0 Å². The maximum atomic E-state index is 12.3. The van der Waals surface area contributed by atoms with E-state index in [0.29, 0.717) is 16.6 Å². The number of hydrogen-bond donors (Lipinski definition) is 0. The van der Waals surface area contributed by atoms with Gasteiger partial charge in [0, 0.05) is 17.5 Å². The number of hydrogen-bond acceptors (Lipinski definition) is 3. The maximum absolute atomic E-state index is 12.3. The lowest BCUT2D eigenvalue weighted by atomic mass is 10.3. The highest BCUT2D eigenvalue weighted by Crippen LogP contribution is 2.30. The van der Waals surface area contributed by atoms with Gasteiger partial charge in [-0.25, -0.2) is 8.42 Å². The van der Waals surface area contributed by atoms with Crippen LogP contribution in [0, 0.1) is 0 Å². The van der Waals surface area contributed by atoms with Crippen LogP contribution in [0.5, 0.6) is 0 Å². The van der Waals surface area contributed by atoms with E-state index in [2.05, 4.69) is 0 Å². The summed E-state index contributed by atoms with van der Waals surface area (Å²) in [5, 5.41) is 0. The molecule has 1 aromatic rings. The minimum absolute atomic E-state index is 0.117. The molecule has 1 saturated heterocycles. The molecule has 16 heavy (non-hydrogen) atoms. The first-order chi connectivity index (χ1) is 7.55. The zero-order valence-electron chi connectivity index (χ0n) is 9.02. The summed E-state index contributed by atoms with van der Waals surface area (Å²) >= 11 is 6.95. The minimum Gasteiger partial charge on any atom is -0.206 e. The van der Waals surface area contributed by atoms with E-state index in [-0.39, 0.29) is 6.04 Å². The number of nitrogens with zero attached hydrogens (tertiary/aromatic N) is 1. The van der Waals surface area contributed by atoms with Crippen molar-refractivity contribution in [2.75, 3.05) is 6.54 Å². The summed E-state index contributed by atoms with van der Waals surface area (Å²) in [6.45, 7) is 2.60. The second kappa shape index (κ2) is 4.64. The van der Waals surface area contributed by atoms with Crippen LogP contribution in [-0.4, -0.2) is 25.3 Å². The van der Waals surface area contributed by atoms with Crippen molar-refractivity contribution >= 4 is 33.0 Å². The lowest BCUT2D eigenvalue weighted by molar-refractivity contribution is 0.409. The monoisotopic (exact) mass is 279 g/mol. The molecule has 1 aromatic heterocycles. The van der Waals surface area contributed by atoms with Crippen molar-refractivity contribution in [2.45, 2.75) is 35.9 Å². The van der Waals surface area contributed by atoms with Gasteiger partial charge in [-0.3, -0.25) is 0 Å². The Bertz CT molecular complexity index is 469. The fourth-order valence-corrected chi connectivity index (χ4v) is 5.24. The number of thiophene rings is 1. The first kappa shape index (κ1) is 12.4. The molecule has 0 amide bonds. The van der Waals surface area contributed by atoms with Crippen LogP contribution in [0.1, 0.15) is 24.6 Å². The van der Waals surface area contributed by atoms with Gasteiger partial charge in [0.1, 0.15) is 4.21 Å². The highest BCUT2D eigenvalue weighted by molar-refractivity contribution is 7.91. The van der Waals surface area contributed by atoms with Crippen LogP contribution in [0.15, 0.2) is 16.3 Å². The lowest BCUT2D eigenvalue weighted by Crippen LogP contribution is -2.33. The van der Waals surface area contributed by atoms with Gasteiger partial charge in [0.25, 0.3) is 10.0 Å². The number of sulfonamides is 1. The highest BCUT2D eigenvalue weighted by atomic mass is 35.5. The average molecular weight is 280 g/mol. The van der Waals surface area contributed by atoms with Gasteiger partial charge in [-0.05, 0) is 31.9 Å². The molecule has 3 nitrogen and oxygen atoms in total. The topological polar surface area (TPSA) is 37.4 Å². The molecule has 1 unspecified atom stereocenters. The molecule has 0 radical (unpaired) electrons. The Hall–Kier alpha value is -0.100. The van der Waals surface area contributed by atoms with Crippen LogP contribution in [0.4, 0.5) is 0 Å². The third kappa shape index (κ3) is 2.14. The molecule has 0 aliphatic carbocycles. The molecule has 0 bridgehead atoms. The fraction of sp³-hybridized carbons (Fsp3) is 0.600. The Morgan fingerprint density at radius 2 is 2.31 bits per heavy atom. The summed E-state index contributed by atoms with van der Waals surface area (Å²) in [5.41, 5.74) is 0. The van der Waals surface area contributed by atoms with Crippen molar-refractivity contribution in [1.82, 2.24) is 4.31 Å². The zero-order valence-corrected chi connectivity index (χ0v) is 11.4. The molecule has 2 rings (SSSR count). The van der Waals surface area contributed by atoms with Crippen LogP contribution >= 0.6 is 22.9 Å². The summed E-state index contributed by atoms with van der Waals surface area (Å²) in [6.07, 6.45) is 1.90. The second-order valence-corrected chi connectivity index (χ2v) is 7.51. The summed E-state index contributed by atoms with van der Waals surface area (Å²) < 4.78 is 26.5. The summed E-state index contributed by atoms with van der Waals surface area (Å²) in [4.78, 5) is 0.895. The van der Waals surface area contributed by atoms with Crippen LogP contribution in [0.3, 0.4) is 0 Å². The zero-order chi connectivity index (χ0) is 11.8. The van der Waals surface area contributed by atoms with E-state index in [1.807, 2.05) is 6.92 Å². The van der Waals surface area contributed by atoms with E-state index in [1.165, 1.54) is 11.3 Å². The summed E-state index contributed by atoms with van der Waals surface area (Å²) in [7, 11) is -3.28. The lowest BCUT2D eigenvalue weighted by Gasteiger charge is -2.19. The van der Waals surface area contributed by atoms with Crippen LogP contribution in [0.25, 0.3) is 0 Å². The molecule has 0 spiro atoms. The van der Waals surface area contributed by atoms with E-state index in [9.17, 15) is 8.42 Å². The van der Waals surface area contributed by atoms with Gasteiger partial charge in [0.2, 0.25) is 0 Å². The van der Waals surface area contributed by atoms with Crippen LogP contribution < -0.4 is 0 Å². The van der Waals surface area contributed by atoms with Gasteiger partial charge in [-0.15, -0.1) is 22.9 Å². The molecule has 0 aromatic carbocycles. The number of halogens is 1. The van der Waals surface area contributed by atoms with Gasteiger partial charge < -0.3 is 0 Å². The Kier molecular flexibility index (Phi) is 3.59. The fourth-order valence-electron chi connectivity index (χ4n) is 1.95. The summed E-state index contributed by atoms with van der Waals surface area (Å²) in [6, 6.07) is 3.56. The van der Waals surface area contributed by atoms with Gasteiger partial charge in [0.15, 0.2) is 0 Å². The molecule has 0 N–H and O–H groups in total. The quantitative estimate of drug-likeness (QED) is 0.798. The Labute approximate surface area is 105 Å². The molecule has 1 atom stereocenters. The van der Waals surface area contributed by atoms with Crippen LogP contribution in [-0.2, 0) is 15.9 Å². The average Bonchev–Trinajstić information content (AvgIpc) is 2.85. The molecular weight excluding hydrogens is 266 g/mol. The van der Waals surface area contributed by atoms with Crippen molar-refractivity contribution < 1.29 is 8.42 Å². The minimum atomic E-state index is -3.28. The molecule has 1 fully saturated rings. The van der Waals surface area contributed by atoms with Gasteiger partial charge in [-0.1, -0.05) is 0 Å². The van der Waals surface area contributed by atoms with E-state index in [1.54, 1.807) is 16.4 Å². The largest absolute Gasteiger partial charge is 0.252 e. The maximum Gasteiger partial charge on any atom is 0.252 e. The number of alkyl halides is 1. The van der Waals surface area contributed by atoms with Crippen molar-refractivity contribution in [1.29, 1.82) is 0 Å². The Morgan fingerprint density at radius 3 is 2.81 bits per heavy atom. The van der Waals surface area contributed by atoms with Gasteiger partial charge in [0.05, 0.1) is 5.88 Å². The first-order valence-corrected chi connectivity index (χ1v) is 8.01. The Morgan fingerprint density at radius 1 is 1.56 bits per heavy atom. The summed E-state index contributed by atoms with van der Waals surface area (Å²) in [5.74, 6) is 0.371. The van der Waals surface area contributed by atoms with Gasteiger partial charge >= 0.3 is 0 Å². The van der Waals surface area contributed by atoms with Gasteiger partial charge in [-0.2, -0.15) is 4.31 Å². The highest BCUT2D eigenvalue weighted by Gasteiger charge is 2.33. The second-order valence-electron chi connectivity index (χ2n) is 3.96. The Balaban J connectivity index is 2.31. The SMILES string of the molecule is CC1CCCN1S(=O)(=O)c1ccc(CCl)s1. The first-order valence-electron chi connectivity index (χ1n) is 5.22. The van der Waals surface area contributed by atoms with Crippen molar-refractivity contribution in [2.24, 2.45) is 0 Å². The predicted molar refractivity (Wildman–Crippen MR) is 66.5 cm³/mol. The molecule has 1 aliphatic heterocycles. The molecule has 0 saturated carbocycles. The molecular formula is C10H14ClNO2S2. The number of rotatable bonds is 3. The molecule has 6 heteroatoms. The van der Waals surface area contributed by atoms with Crippen molar-refractivity contribution in [3.05, 3.63) is 17.0 Å². The van der Waals surface area contributed by atoms with E-state index < -0.39 is 10.0 Å². The third-order valence-electron chi connectivity index (χ3n) is 2.82. The normalized spacial score (nSPS) is 22.8. The molecule has 90 valence electrons. The van der Waals surface area contributed by atoms with Crippen molar-refractivity contribution in [3.63, 3.8) is 0 Å². The molecule has 1 aliphatic rings.